The molecule has 1 rings (SSSR count). The molecule has 9 heteroatoms. The zero-order valence-corrected chi connectivity index (χ0v) is 14.1. The summed E-state index contributed by atoms with van der Waals surface area (Å²) in [7, 11) is 0. The molecule has 0 spiro atoms. The summed E-state index contributed by atoms with van der Waals surface area (Å²) in [5.41, 5.74) is 0.324. The van der Waals surface area contributed by atoms with E-state index in [2.05, 4.69) is 10.3 Å². The van der Waals surface area contributed by atoms with E-state index >= 15 is 0 Å². The number of aromatic nitrogens is 1. The van der Waals surface area contributed by atoms with Gasteiger partial charge in [-0.2, -0.15) is 13.2 Å². The van der Waals surface area contributed by atoms with Crippen LogP contribution in [-0.2, 0) is 36.2 Å². The number of aliphatic hydroxyl groups excluding tert-OH is 1. The summed E-state index contributed by atoms with van der Waals surface area (Å²) in [5.74, 6) is -2.14. The average molecular weight is 495 g/mol. The number of ketones is 1. The molecule has 5 nitrogen and oxygen atoms in total. The third kappa shape index (κ3) is 12.0. The van der Waals surface area contributed by atoms with Crippen LogP contribution in [0.4, 0.5) is 13.2 Å². The Balaban J connectivity index is 0. The van der Waals surface area contributed by atoms with E-state index < -0.39 is 12.1 Å². The Morgan fingerprint density at radius 1 is 1.32 bits per heavy atom. The Morgan fingerprint density at radius 3 is 2.23 bits per heavy atom. The third-order valence-corrected chi connectivity index (χ3v) is 1.77. The van der Waals surface area contributed by atoms with Crippen LogP contribution in [-0.4, -0.2) is 28.0 Å². The van der Waals surface area contributed by atoms with Gasteiger partial charge in [-0.25, -0.2) is 0 Å². The van der Waals surface area contributed by atoms with Crippen molar-refractivity contribution >= 4 is 11.7 Å². The number of alkyl halides is 3. The largest absolute Gasteiger partial charge is 0.641 e. The van der Waals surface area contributed by atoms with Crippen LogP contribution in [0.2, 0.25) is 0 Å². The van der Waals surface area contributed by atoms with E-state index in [1.54, 1.807) is 12.1 Å². The van der Waals surface area contributed by atoms with Gasteiger partial charge in [0.15, 0.2) is 11.7 Å². The van der Waals surface area contributed by atoms with Gasteiger partial charge in [-0.1, -0.05) is 12.6 Å². The van der Waals surface area contributed by atoms with Gasteiger partial charge in [0.1, 0.15) is 0 Å². The summed E-state index contributed by atoms with van der Waals surface area (Å²) < 4.78 is 35.1. The van der Waals surface area contributed by atoms with Crippen LogP contribution >= 0.6 is 0 Å². The van der Waals surface area contributed by atoms with Gasteiger partial charge in [0.2, 0.25) is 0 Å². The van der Waals surface area contributed by atoms with Crippen LogP contribution in [0.1, 0.15) is 19.5 Å². The number of hydrogen-bond acceptors (Lipinski definition) is 4. The van der Waals surface area contributed by atoms with Crippen molar-refractivity contribution in [2.45, 2.75) is 26.6 Å². The van der Waals surface area contributed by atoms with Crippen molar-refractivity contribution in [3.8, 4) is 0 Å². The van der Waals surface area contributed by atoms with Crippen LogP contribution in [0.5, 0.6) is 0 Å². The average Bonchev–Trinajstić information content (AvgIpc) is 2.35. The Labute approximate surface area is 139 Å². The SMILES string of the molecule is CC(=O)/C=C(/C)O.O=C([N-]Cc1ccccn1)C(F)(F)F.[Ir]. The minimum atomic E-state index is -4.89. The van der Waals surface area contributed by atoms with E-state index in [9.17, 15) is 22.8 Å². The second-order valence-corrected chi connectivity index (χ2v) is 3.84. The first-order valence-electron chi connectivity index (χ1n) is 5.69. The normalized spacial score (nSPS) is 10.7. The molecular formula is C13H14F3IrN2O3-. The number of halogens is 3. The quantitative estimate of drug-likeness (QED) is 0.516. The molecule has 0 saturated carbocycles. The van der Waals surface area contributed by atoms with Crippen LogP contribution in [0.3, 0.4) is 0 Å². The molecule has 125 valence electrons. The van der Waals surface area contributed by atoms with Crippen molar-refractivity contribution in [2.24, 2.45) is 0 Å². The molecule has 0 aliphatic carbocycles. The van der Waals surface area contributed by atoms with Crippen LogP contribution < -0.4 is 0 Å². The van der Waals surface area contributed by atoms with Gasteiger partial charge in [0, 0.05) is 38.1 Å². The number of rotatable bonds is 3. The molecular weight excluding hydrogens is 481 g/mol. The summed E-state index contributed by atoms with van der Waals surface area (Å²) in [6.07, 6.45) is -2.31. The van der Waals surface area contributed by atoms with Crippen molar-refractivity contribution < 1.29 is 48.0 Å². The number of pyridine rings is 1. The van der Waals surface area contributed by atoms with E-state index in [-0.39, 0.29) is 38.2 Å². The van der Waals surface area contributed by atoms with Crippen LogP contribution in [0, 0.1) is 0 Å². The first-order valence-corrected chi connectivity index (χ1v) is 5.69. The maximum Gasteiger partial charge on any atom is 0.432 e. The molecule has 0 unspecified atom stereocenters. The number of amides is 1. The molecule has 0 aliphatic heterocycles. The van der Waals surface area contributed by atoms with Gasteiger partial charge in [0.05, 0.1) is 5.76 Å². The summed E-state index contributed by atoms with van der Waals surface area (Å²) >= 11 is 0. The maximum absolute atomic E-state index is 11.7. The minimum Gasteiger partial charge on any atom is -0.641 e. The van der Waals surface area contributed by atoms with E-state index in [0.29, 0.717) is 5.69 Å². The molecule has 0 bridgehead atoms. The molecule has 0 atom stereocenters. The molecule has 22 heavy (non-hydrogen) atoms. The molecule has 1 N–H and O–H groups in total. The van der Waals surface area contributed by atoms with Crippen molar-refractivity contribution in [1.29, 1.82) is 0 Å². The standard InChI is InChI=1S/C8H7F3N2O.C5H8O2.Ir/c9-8(10,11)7(14)13-5-6-3-1-2-4-12-6;1-4(6)3-5(2)7;/h1-4H,5H2,(H,13,14);3,6H,1-2H3;/p-1/b;4-3-;. The Hall–Kier alpha value is -1.73. The van der Waals surface area contributed by atoms with E-state index in [1.165, 1.54) is 32.2 Å². The molecule has 1 heterocycles. The number of nitrogens with zero attached hydrogens (tertiary/aromatic N) is 2. The molecule has 0 saturated heterocycles. The van der Waals surface area contributed by atoms with Gasteiger partial charge < -0.3 is 15.2 Å². The van der Waals surface area contributed by atoms with Gasteiger partial charge in [-0.3, -0.25) is 9.78 Å². The molecule has 1 radical (unpaired) electrons. The topological polar surface area (TPSA) is 81.4 Å². The van der Waals surface area contributed by atoms with E-state index in [4.69, 9.17) is 5.11 Å². The fourth-order valence-electron chi connectivity index (χ4n) is 1.03. The Morgan fingerprint density at radius 2 is 1.91 bits per heavy atom. The summed E-state index contributed by atoms with van der Waals surface area (Å²) in [4.78, 5) is 24.1. The third-order valence-electron chi connectivity index (χ3n) is 1.77. The maximum atomic E-state index is 11.7. The predicted molar refractivity (Wildman–Crippen MR) is 69.4 cm³/mol. The van der Waals surface area contributed by atoms with Crippen molar-refractivity contribution in [2.75, 3.05) is 0 Å². The smallest absolute Gasteiger partial charge is 0.432 e. The fourth-order valence-corrected chi connectivity index (χ4v) is 1.03. The number of aliphatic hydroxyl groups is 1. The Bertz CT molecular complexity index is 501. The van der Waals surface area contributed by atoms with E-state index in [0.717, 1.165) is 0 Å². The fraction of sp³-hybridized carbons (Fsp3) is 0.308. The first-order chi connectivity index (χ1) is 9.62. The molecule has 1 aromatic rings. The minimum absolute atomic E-state index is 0. The number of carbonyl (C=O) groups is 2. The molecule has 0 aliphatic rings. The van der Waals surface area contributed by atoms with Crippen LogP contribution in [0.15, 0.2) is 36.2 Å². The van der Waals surface area contributed by atoms with Gasteiger partial charge in [-0.05, 0) is 26.0 Å². The molecule has 1 amide bonds. The second-order valence-electron chi connectivity index (χ2n) is 3.84. The summed E-state index contributed by atoms with van der Waals surface area (Å²) in [5, 5.41) is 11.2. The number of allylic oxidation sites excluding steroid dienone is 2. The van der Waals surface area contributed by atoms with Crippen molar-refractivity contribution in [1.82, 2.24) is 4.98 Å². The van der Waals surface area contributed by atoms with Gasteiger partial charge >= 0.3 is 6.18 Å². The van der Waals surface area contributed by atoms with Gasteiger partial charge in [-0.15, -0.1) is 0 Å². The zero-order chi connectivity index (χ0) is 16.5. The van der Waals surface area contributed by atoms with E-state index in [1.807, 2.05) is 0 Å². The van der Waals surface area contributed by atoms with Crippen LogP contribution in [0.25, 0.3) is 5.32 Å². The molecule has 1 aromatic heterocycles. The molecule has 0 aromatic carbocycles. The first kappa shape index (κ1) is 22.5. The monoisotopic (exact) mass is 496 g/mol. The van der Waals surface area contributed by atoms with Gasteiger partial charge in [0.25, 0.3) is 0 Å². The number of hydrogen-bond donors (Lipinski definition) is 1. The second kappa shape index (κ2) is 10.9. The Kier molecular flexibility index (Phi) is 11.2. The zero-order valence-electron chi connectivity index (χ0n) is 11.7. The van der Waals surface area contributed by atoms with Crippen molar-refractivity contribution in [3.63, 3.8) is 0 Å². The summed E-state index contributed by atoms with van der Waals surface area (Å²) in [6, 6.07) is 4.72. The van der Waals surface area contributed by atoms with Crippen molar-refractivity contribution in [3.05, 3.63) is 47.2 Å². The number of carbonyl (C=O) groups excluding carboxylic acids is 2. The summed E-state index contributed by atoms with van der Waals surface area (Å²) in [6.45, 7) is 2.50. The predicted octanol–water partition coefficient (Wildman–Crippen LogP) is 3.08. The molecule has 0 fully saturated rings.